The van der Waals surface area contributed by atoms with E-state index < -0.39 is 0 Å². The quantitative estimate of drug-likeness (QED) is 0.592. The molecule has 10 heteroatoms. The largest absolute Gasteiger partial charge is 4.00 e. The SMILES string of the molecule is [K].[N-]=O.[N-]=O.[N-]=O.[N-]=O.[Pt+4]. The number of nitrogens with zero attached hydrogens (tertiary/aromatic N) is 4. The fourth-order valence-corrected chi connectivity index (χ4v) is 0. The van der Waals surface area contributed by atoms with Gasteiger partial charge >= 0.3 is 21.1 Å². The monoisotopic (exact) mass is 354 g/mol. The van der Waals surface area contributed by atoms with Crippen LogP contribution in [0.3, 0.4) is 0 Å². The Hall–Kier alpha value is 0.725. The normalized spacial score (nSPS) is 1.60. The predicted molar refractivity (Wildman–Crippen MR) is 32.7 cm³/mol. The summed E-state index contributed by atoms with van der Waals surface area (Å²) in [7, 11) is 0. The summed E-state index contributed by atoms with van der Waals surface area (Å²) in [6.45, 7) is 0. The Morgan fingerprint density at radius 1 is 0.500 bits per heavy atom. The molecule has 0 aromatic heterocycles. The first kappa shape index (κ1) is 45.4. The minimum Gasteiger partial charge on any atom is -0.577 e. The average Bonchev–Trinajstić information content (AvgIpc) is 2.03. The molecule has 0 saturated carbocycles. The molecule has 0 bridgehead atoms. The third-order valence-corrected chi connectivity index (χ3v) is 0. The van der Waals surface area contributed by atoms with Crippen LogP contribution in [-0.4, -0.2) is 51.4 Å². The van der Waals surface area contributed by atoms with Crippen molar-refractivity contribution in [1.29, 1.82) is 0 Å². The van der Waals surface area contributed by atoms with Crippen LogP contribution < -0.4 is 0 Å². The van der Waals surface area contributed by atoms with Gasteiger partial charge in [0.1, 0.15) is 0 Å². The Labute approximate surface area is 113 Å². The summed E-state index contributed by atoms with van der Waals surface area (Å²) in [6.07, 6.45) is 0. The van der Waals surface area contributed by atoms with Gasteiger partial charge in [0.25, 0.3) is 0 Å². The summed E-state index contributed by atoms with van der Waals surface area (Å²) >= 11 is 0. The summed E-state index contributed by atoms with van der Waals surface area (Å²) in [5, 5.41) is 0. The molecule has 55 valence electrons. The molecule has 0 unspecified atom stereocenters. The summed E-state index contributed by atoms with van der Waals surface area (Å²) < 4.78 is 0. The molecule has 0 saturated heterocycles. The van der Waals surface area contributed by atoms with Crippen molar-refractivity contribution in [2.45, 2.75) is 0 Å². The molecule has 0 aromatic rings. The predicted octanol–water partition coefficient (Wildman–Crippen LogP) is 0.906. The molecule has 0 aliphatic carbocycles. The first-order valence-electron chi connectivity index (χ1n) is 0.730. The van der Waals surface area contributed by atoms with Gasteiger partial charge in [-0.2, -0.15) is 0 Å². The van der Waals surface area contributed by atoms with E-state index in [4.69, 9.17) is 42.0 Å². The van der Waals surface area contributed by atoms with Gasteiger partial charge in [-0.3, -0.25) is 0 Å². The van der Waals surface area contributed by atoms with Gasteiger partial charge in [0.2, 0.25) is 0 Å². The van der Waals surface area contributed by atoms with Crippen LogP contribution >= 0.6 is 0 Å². The minimum atomic E-state index is 0. The van der Waals surface area contributed by atoms with E-state index in [1.807, 2.05) is 0 Å². The van der Waals surface area contributed by atoms with Crippen LogP contribution in [0.15, 0.2) is 0 Å². The maximum Gasteiger partial charge on any atom is 4.00 e. The standard InChI is InChI=1S/K.4NO.Pt/c;4*1-2;/q;4*-1;+4. The molecule has 0 amide bonds. The van der Waals surface area contributed by atoms with Crippen molar-refractivity contribution in [3.05, 3.63) is 42.0 Å². The maximum atomic E-state index is 7.25. The van der Waals surface area contributed by atoms with Gasteiger partial charge in [-0.1, -0.05) is 0 Å². The summed E-state index contributed by atoms with van der Waals surface area (Å²) in [4.78, 5) is 29.0. The molecule has 0 aliphatic rings. The van der Waals surface area contributed by atoms with Crippen LogP contribution in [0, 0.1) is 19.6 Å². The molecule has 0 heterocycles. The molecule has 0 aromatic carbocycles. The van der Waals surface area contributed by atoms with Crippen LogP contribution in [0.5, 0.6) is 0 Å². The summed E-state index contributed by atoms with van der Waals surface area (Å²) in [5.74, 6) is 0. The molecule has 0 fully saturated rings. The average molecular weight is 354 g/mol. The molecule has 10 heavy (non-hydrogen) atoms. The second-order valence-corrected chi connectivity index (χ2v) is 0. The van der Waals surface area contributed by atoms with Crippen LogP contribution in [0.2, 0.25) is 0 Å². The third kappa shape index (κ3) is 991. The van der Waals surface area contributed by atoms with E-state index in [0.29, 0.717) is 0 Å². The molecular formula is KN4O4Pt. The smallest absolute Gasteiger partial charge is 0.577 e. The molecule has 0 N–H and O–H groups in total. The van der Waals surface area contributed by atoms with E-state index in [2.05, 4.69) is 0 Å². The van der Waals surface area contributed by atoms with Gasteiger partial charge in [-0.25, -0.2) is 0 Å². The second kappa shape index (κ2) is 1410. The first-order chi connectivity index (χ1) is 4.00. The zero-order valence-electron chi connectivity index (χ0n) is 4.74. The molecule has 0 spiro atoms. The van der Waals surface area contributed by atoms with Gasteiger partial charge in [-0.15, -0.1) is 0 Å². The molecule has 1 radical (unpaired) electrons. The second-order valence-electron chi connectivity index (χ2n) is 0. The van der Waals surface area contributed by atoms with Crippen molar-refractivity contribution < 1.29 is 21.1 Å². The summed E-state index contributed by atoms with van der Waals surface area (Å²) in [5.41, 5.74) is 23.0. The van der Waals surface area contributed by atoms with E-state index in [1.165, 1.54) is 0 Å². The van der Waals surface area contributed by atoms with E-state index in [-0.39, 0.29) is 72.4 Å². The molecule has 8 nitrogen and oxygen atoms in total. The van der Waals surface area contributed by atoms with Crippen LogP contribution in [0.25, 0.3) is 22.4 Å². The van der Waals surface area contributed by atoms with Gasteiger partial charge < -0.3 is 42.0 Å². The van der Waals surface area contributed by atoms with Crippen LogP contribution in [0.1, 0.15) is 0 Å². The van der Waals surface area contributed by atoms with Gasteiger partial charge in [0, 0.05) is 51.4 Å². The number of nitroso groups, excluding NO2 is 4. The van der Waals surface area contributed by atoms with Crippen molar-refractivity contribution in [2.75, 3.05) is 0 Å². The van der Waals surface area contributed by atoms with Crippen molar-refractivity contribution in [1.82, 2.24) is 0 Å². The van der Waals surface area contributed by atoms with E-state index >= 15 is 0 Å². The Morgan fingerprint density at radius 2 is 0.500 bits per heavy atom. The van der Waals surface area contributed by atoms with Gasteiger partial charge in [-0.05, 0) is 0 Å². The van der Waals surface area contributed by atoms with Crippen LogP contribution in [0.4, 0.5) is 0 Å². The van der Waals surface area contributed by atoms with Crippen molar-refractivity contribution in [3.8, 4) is 0 Å². The number of rotatable bonds is 0. The topological polar surface area (TPSA) is 157 Å². The third-order valence-electron chi connectivity index (χ3n) is 0. The Balaban J connectivity index is -0.00000000500. The Kier molecular flexibility index (Phi) is 6400. The maximum absolute atomic E-state index is 7.25. The van der Waals surface area contributed by atoms with Crippen molar-refractivity contribution in [3.63, 3.8) is 0 Å². The van der Waals surface area contributed by atoms with Gasteiger partial charge in [0.05, 0.1) is 0 Å². The molecule has 0 atom stereocenters. The molecular weight excluding hydrogens is 354 g/mol. The van der Waals surface area contributed by atoms with E-state index in [1.54, 1.807) is 0 Å². The fourth-order valence-electron chi connectivity index (χ4n) is 0. The Bertz CT molecular complexity index is 25.2. The zero-order valence-corrected chi connectivity index (χ0v) is 10.1. The molecule has 0 aliphatic heterocycles. The minimum absolute atomic E-state index is 0. The van der Waals surface area contributed by atoms with Crippen LogP contribution in [-0.2, 0) is 21.1 Å². The van der Waals surface area contributed by atoms with E-state index in [9.17, 15) is 0 Å². The molecule has 0 rings (SSSR count). The first-order valence-corrected chi connectivity index (χ1v) is 0.730. The van der Waals surface area contributed by atoms with E-state index in [0.717, 1.165) is 0 Å². The fraction of sp³-hybridized carbons (Fsp3) is 0. The number of hydrogen-bond donors (Lipinski definition) is 0. The zero-order chi connectivity index (χ0) is 8.00. The number of hydrogen-bond acceptors (Lipinski definition) is 4. The van der Waals surface area contributed by atoms with Crippen molar-refractivity contribution in [2.24, 2.45) is 0 Å². The van der Waals surface area contributed by atoms with Crippen molar-refractivity contribution >= 4 is 51.4 Å². The van der Waals surface area contributed by atoms with Gasteiger partial charge in [0.15, 0.2) is 0 Å². The Morgan fingerprint density at radius 3 is 0.500 bits per heavy atom. The summed E-state index contributed by atoms with van der Waals surface area (Å²) in [6, 6.07) is 0.